The Morgan fingerprint density at radius 2 is 1.57 bits per heavy atom. The summed E-state index contributed by atoms with van der Waals surface area (Å²) in [5, 5.41) is 18.8. The molecule has 5 rings (SSSR count). The quantitative estimate of drug-likeness (QED) is 0.446. The van der Waals surface area contributed by atoms with E-state index in [4.69, 9.17) is 0 Å². The van der Waals surface area contributed by atoms with Gasteiger partial charge in [-0.2, -0.15) is 0 Å². The number of hydrogen-bond acceptors (Lipinski definition) is 4. The molecule has 1 saturated heterocycles. The van der Waals surface area contributed by atoms with E-state index in [9.17, 15) is 14.9 Å². The summed E-state index contributed by atoms with van der Waals surface area (Å²) >= 11 is 3.43. The zero-order valence-corrected chi connectivity index (χ0v) is 17.4. The van der Waals surface area contributed by atoms with E-state index in [1.165, 1.54) is 0 Å². The van der Waals surface area contributed by atoms with E-state index < -0.39 is 23.5 Å². The smallest absolute Gasteiger partial charge is 0.250 e. The highest BCUT2D eigenvalue weighted by Gasteiger charge is 2.66. The van der Waals surface area contributed by atoms with E-state index in [0.29, 0.717) is 5.69 Å². The minimum absolute atomic E-state index is 0.250. The Bertz CT molecular complexity index is 1140. The second-order valence-corrected chi connectivity index (χ2v) is 8.56. The monoisotopic (exact) mass is 463 g/mol. The first-order valence-electron chi connectivity index (χ1n) is 9.65. The molecule has 2 N–H and O–H groups in total. The third kappa shape index (κ3) is 2.69. The first-order chi connectivity index (χ1) is 14.5. The number of nitrogens with one attached hydrogen (secondary N) is 2. The molecule has 7 heteroatoms. The summed E-state index contributed by atoms with van der Waals surface area (Å²) in [6.07, 6.45) is 0. The lowest BCUT2D eigenvalue weighted by Crippen LogP contribution is -2.48. The van der Waals surface area contributed by atoms with Crippen LogP contribution in [0.15, 0.2) is 83.3 Å². The zero-order valence-electron chi connectivity index (χ0n) is 15.8. The Labute approximate surface area is 181 Å². The van der Waals surface area contributed by atoms with Crippen LogP contribution in [0.4, 0.5) is 5.69 Å². The average molecular weight is 464 g/mol. The van der Waals surface area contributed by atoms with Crippen LogP contribution in [-0.4, -0.2) is 16.9 Å². The van der Waals surface area contributed by atoms with E-state index >= 15 is 0 Å². The van der Waals surface area contributed by atoms with Crippen molar-refractivity contribution in [3.8, 4) is 0 Å². The molecule has 0 aromatic heterocycles. The lowest BCUT2D eigenvalue weighted by atomic mass is 9.74. The number of benzene rings is 3. The number of anilines is 1. The van der Waals surface area contributed by atoms with Crippen molar-refractivity contribution in [2.45, 2.75) is 23.5 Å². The number of halogens is 1. The van der Waals surface area contributed by atoms with Gasteiger partial charge in [-0.05, 0) is 29.3 Å². The standard InChI is InChI=1S/C23H18BrN3O3/c24-16-12-10-14(11-13-16)19-21(27(29)30)20(15-6-2-1-3-7-15)26-23(19)17-8-4-5-9-18(17)25-22(23)28/h1-13,19-21,26H,(H,25,28)/t19-,20-,21-,23+/m0/s1. The molecular formula is C23H18BrN3O3. The number of hydrogen-bond donors (Lipinski definition) is 2. The minimum Gasteiger partial charge on any atom is -0.324 e. The highest BCUT2D eigenvalue weighted by Crippen LogP contribution is 2.55. The lowest BCUT2D eigenvalue weighted by Gasteiger charge is -2.29. The molecule has 1 amide bonds. The molecule has 3 aromatic carbocycles. The summed E-state index contributed by atoms with van der Waals surface area (Å²) < 4.78 is 0.875. The summed E-state index contributed by atoms with van der Waals surface area (Å²) in [6.45, 7) is 0. The molecule has 3 aromatic rings. The van der Waals surface area contributed by atoms with Crippen molar-refractivity contribution in [2.24, 2.45) is 0 Å². The molecule has 0 radical (unpaired) electrons. The average Bonchev–Trinajstić information content (AvgIpc) is 3.26. The van der Waals surface area contributed by atoms with Crippen LogP contribution >= 0.6 is 15.9 Å². The van der Waals surface area contributed by atoms with Crippen molar-refractivity contribution in [1.29, 1.82) is 0 Å². The van der Waals surface area contributed by atoms with E-state index in [0.717, 1.165) is 21.2 Å². The maximum atomic E-state index is 13.4. The van der Waals surface area contributed by atoms with Crippen molar-refractivity contribution < 1.29 is 9.72 Å². The molecule has 0 aliphatic carbocycles. The summed E-state index contributed by atoms with van der Waals surface area (Å²) in [4.78, 5) is 25.6. The van der Waals surface area contributed by atoms with Gasteiger partial charge in [-0.3, -0.25) is 20.2 Å². The van der Waals surface area contributed by atoms with Crippen molar-refractivity contribution >= 4 is 27.5 Å². The Morgan fingerprint density at radius 1 is 0.900 bits per heavy atom. The van der Waals surface area contributed by atoms with E-state index in [1.54, 1.807) is 0 Å². The molecule has 4 atom stereocenters. The number of amides is 1. The van der Waals surface area contributed by atoms with Crippen LogP contribution in [0.1, 0.15) is 28.7 Å². The Morgan fingerprint density at radius 3 is 2.27 bits per heavy atom. The summed E-state index contributed by atoms with van der Waals surface area (Å²) in [5.74, 6) is -0.948. The van der Waals surface area contributed by atoms with Gasteiger partial charge in [-0.1, -0.05) is 76.6 Å². The molecule has 150 valence electrons. The Hall–Kier alpha value is -3.03. The zero-order chi connectivity index (χ0) is 20.9. The number of nitro groups is 1. The van der Waals surface area contributed by atoms with Crippen molar-refractivity contribution in [3.05, 3.63) is 110 Å². The number of nitrogens with zero attached hydrogens (tertiary/aromatic N) is 1. The van der Waals surface area contributed by atoms with Crippen LogP contribution in [0.5, 0.6) is 0 Å². The van der Waals surface area contributed by atoms with Gasteiger partial charge in [0.2, 0.25) is 11.9 Å². The summed E-state index contributed by atoms with van der Waals surface area (Å²) in [6, 6.07) is 22.5. The molecule has 0 bridgehead atoms. The molecule has 6 nitrogen and oxygen atoms in total. The van der Waals surface area contributed by atoms with Gasteiger partial charge in [-0.25, -0.2) is 0 Å². The SMILES string of the molecule is O=C1Nc2ccccc2[C@]12N[C@@H](c1ccccc1)[C@@H]([N+](=O)[O-])[C@@H]2c1ccc(Br)cc1. The topological polar surface area (TPSA) is 84.3 Å². The number of rotatable bonds is 3. The molecule has 2 aliphatic heterocycles. The maximum absolute atomic E-state index is 13.4. The van der Waals surface area contributed by atoms with Gasteiger partial charge in [0.25, 0.3) is 0 Å². The molecule has 2 aliphatic rings. The van der Waals surface area contributed by atoms with Gasteiger partial charge in [0, 0.05) is 20.6 Å². The third-order valence-corrected chi connectivity index (χ3v) is 6.65. The molecule has 1 spiro atoms. The van der Waals surface area contributed by atoms with Crippen LogP contribution < -0.4 is 10.6 Å². The van der Waals surface area contributed by atoms with E-state index in [-0.39, 0.29) is 10.8 Å². The van der Waals surface area contributed by atoms with Crippen LogP contribution in [0, 0.1) is 10.1 Å². The van der Waals surface area contributed by atoms with Crippen LogP contribution in [0.2, 0.25) is 0 Å². The number of carbonyl (C=O) groups excluding carboxylic acids is 1. The fourth-order valence-corrected chi connectivity index (χ4v) is 5.17. The molecule has 1 fully saturated rings. The minimum atomic E-state index is -1.23. The highest BCUT2D eigenvalue weighted by atomic mass is 79.9. The molecule has 30 heavy (non-hydrogen) atoms. The Balaban J connectivity index is 1.77. The van der Waals surface area contributed by atoms with Gasteiger partial charge >= 0.3 is 0 Å². The fraction of sp³-hybridized carbons (Fsp3) is 0.174. The maximum Gasteiger partial charge on any atom is 0.250 e. The molecule has 0 saturated carbocycles. The Kier molecular flexibility index (Phi) is 4.45. The largest absolute Gasteiger partial charge is 0.324 e. The molecule has 0 unspecified atom stereocenters. The summed E-state index contributed by atoms with van der Waals surface area (Å²) in [5.41, 5.74) is 1.73. The number of fused-ring (bicyclic) bond motifs is 2. The lowest BCUT2D eigenvalue weighted by molar-refractivity contribution is -0.527. The predicted molar refractivity (Wildman–Crippen MR) is 117 cm³/mol. The molecule has 2 heterocycles. The number of carbonyl (C=O) groups is 1. The molecular weight excluding hydrogens is 446 g/mol. The highest BCUT2D eigenvalue weighted by molar-refractivity contribution is 9.10. The van der Waals surface area contributed by atoms with Gasteiger partial charge < -0.3 is 5.32 Å². The van der Waals surface area contributed by atoms with Gasteiger partial charge in [0.15, 0.2) is 0 Å². The first kappa shape index (κ1) is 19.0. The second-order valence-electron chi connectivity index (χ2n) is 7.65. The third-order valence-electron chi connectivity index (χ3n) is 6.12. The van der Waals surface area contributed by atoms with Crippen molar-refractivity contribution in [1.82, 2.24) is 5.32 Å². The second kappa shape index (κ2) is 7.04. The van der Waals surface area contributed by atoms with E-state index in [2.05, 4.69) is 26.6 Å². The normalized spacial score (nSPS) is 27.1. The van der Waals surface area contributed by atoms with Crippen LogP contribution in [0.25, 0.3) is 0 Å². The summed E-state index contributed by atoms with van der Waals surface area (Å²) in [7, 11) is 0. The van der Waals surface area contributed by atoms with Crippen LogP contribution in [0.3, 0.4) is 0 Å². The first-order valence-corrected chi connectivity index (χ1v) is 10.4. The predicted octanol–water partition coefficient (Wildman–Crippen LogP) is 4.37. The number of para-hydroxylation sites is 1. The van der Waals surface area contributed by atoms with Gasteiger partial charge in [0.05, 0.1) is 5.92 Å². The fourth-order valence-electron chi connectivity index (χ4n) is 4.90. The van der Waals surface area contributed by atoms with Crippen LogP contribution in [-0.2, 0) is 10.3 Å². The van der Waals surface area contributed by atoms with Gasteiger partial charge in [0.1, 0.15) is 11.6 Å². The van der Waals surface area contributed by atoms with Gasteiger partial charge in [-0.15, -0.1) is 0 Å². The van der Waals surface area contributed by atoms with E-state index in [1.807, 2.05) is 78.9 Å². The van der Waals surface area contributed by atoms with Crippen molar-refractivity contribution in [3.63, 3.8) is 0 Å². The van der Waals surface area contributed by atoms with Crippen molar-refractivity contribution in [2.75, 3.05) is 5.32 Å².